The third-order valence-corrected chi connectivity index (χ3v) is 5.94. The molecule has 0 amide bonds. The Bertz CT molecular complexity index is 1090. The summed E-state index contributed by atoms with van der Waals surface area (Å²) in [5.41, 5.74) is 4.27. The number of aromatic nitrogens is 2. The van der Waals surface area contributed by atoms with Crippen LogP contribution in [-0.2, 0) is 4.74 Å². The van der Waals surface area contributed by atoms with E-state index in [2.05, 4.69) is 30.4 Å². The van der Waals surface area contributed by atoms with Crippen LogP contribution in [0.4, 0.5) is 4.39 Å². The van der Waals surface area contributed by atoms with E-state index in [1.54, 1.807) is 24.5 Å². The predicted molar refractivity (Wildman–Crippen MR) is 146 cm³/mol. The number of benzene rings is 2. The summed E-state index contributed by atoms with van der Waals surface area (Å²) in [4.78, 5) is 8.43. The van der Waals surface area contributed by atoms with E-state index in [0.717, 1.165) is 54.5 Å². The lowest BCUT2D eigenvalue weighted by Gasteiger charge is -2.12. The third-order valence-electron chi connectivity index (χ3n) is 5.94. The minimum atomic E-state index is -0.219. The monoisotopic (exact) mass is 488 g/mol. The molecule has 36 heavy (non-hydrogen) atoms. The fourth-order valence-electron chi connectivity index (χ4n) is 3.82. The lowest BCUT2D eigenvalue weighted by Crippen LogP contribution is -2.08. The van der Waals surface area contributed by atoms with Gasteiger partial charge in [-0.15, -0.1) is 0 Å². The van der Waals surface area contributed by atoms with Gasteiger partial charge in [-0.3, -0.25) is 0 Å². The Balaban J connectivity index is 1.51. The van der Waals surface area contributed by atoms with Gasteiger partial charge >= 0.3 is 6.01 Å². The molecule has 0 radical (unpaired) electrons. The van der Waals surface area contributed by atoms with Gasteiger partial charge < -0.3 is 9.47 Å². The van der Waals surface area contributed by atoms with Gasteiger partial charge in [0.25, 0.3) is 0 Å². The van der Waals surface area contributed by atoms with Crippen molar-refractivity contribution in [3.63, 3.8) is 0 Å². The molecule has 4 nitrogen and oxygen atoms in total. The Morgan fingerprint density at radius 2 is 1.64 bits per heavy atom. The molecule has 190 valence electrons. The summed E-state index contributed by atoms with van der Waals surface area (Å²) in [7, 11) is 0. The van der Waals surface area contributed by atoms with Crippen LogP contribution in [0.15, 0.2) is 73.6 Å². The minimum absolute atomic E-state index is 0.219. The molecule has 1 aromatic heterocycles. The van der Waals surface area contributed by atoms with Crippen molar-refractivity contribution >= 4 is 6.08 Å². The maximum Gasteiger partial charge on any atom is 0.316 e. The molecule has 2 aromatic carbocycles. The molecule has 0 fully saturated rings. The van der Waals surface area contributed by atoms with E-state index < -0.39 is 0 Å². The summed E-state index contributed by atoms with van der Waals surface area (Å²) in [6, 6.07) is 13.6. The lowest BCUT2D eigenvalue weighted by atomic mass is 10.00. The van der Waals surface area contributed by atoms with Crippen LogP contribution in [0, 0.1) is 5.82 Å². The molecule has 5 heteroatoms. The Labute approximate surface area is 214 Å². The van der Waals surface area contributed by atoms with Gasteiger partial charge in [0.1, 0.15) is 12.4 Å². The molecule has 0 saturated carbocycles. The molecule has 1 unspecified atom stereocenters. The van der Waals surface area contributed by atoms with Crippen molar-refractivity contribution in [3.8, 4) is 28.3 Å². The smallest absolute Gasteiger partial charge is 0.316 e. The fraction of sp³-hybridized carbons (Fsp3) is 0.355. The quantitative estimate of drug-likeness (QED) is 0.159. The van der Waals surface area contributed by atoms with E-state index in [4.69, 9.17) is 9.47 Å². The average molecular weight is 489 g/mol. The zero-order chi connectivity index (χ0) is 25.6. The molecule has 0 aliphatic rings. The second-order valence-corrected chi connectivity index (χ2v) is 8.89. The maximum atomic E-state index is 14.7. The van der Waals surface area contributed by atoms with Gasteiger partial charge in [-0.2, -0.15) is 0 Å². The number of rotatable bonds is 15. The lowest BCUT2D eigenvalue weighted by molar-refractivity contribution is 0.0566. The zero-order valence-corrected chi connectivity index (χ0v) is 21.5. The van der Waals surface area contributed by atoms with Crippen molar-refractivity contribution in [1.82, 2.24) is 9.97 Å². The first-order chi connectivity index (χ1) is 17.6. The molecule has 0 saturated heterocycles. The predicted octanol–water partition coefficient (Wildman–Crippen LogP) is 8.29. The topological polar surface area (TPSA) is 44.2 Å². The van der Waals surface area contributed by atoms with Gasteiger partial charge in [0.2, 0.25) is 0 Å². The average Bonchev–Trinajstić information content (AvgIpc) is 2.91. The van der Waals surface area contributed by atoms with Gasteiger partial charge in [0.15, 0.2) is 0 Å². The number of ether oxygens (including phenoxy) is 2. The standard InChI is InChI=1S/C31H37FN2O2/c1-4-6-10-20-35-24(3)11-8-7-9-12-27-17-18-28(21-30(27)32)25-13-15-26(16-14-25)29-22-33-31(34-23-29)36-19-5-2/h5,9,12-18,21-24H,2,4,6-8,10-11,19-20H2,1,3H3. The number of unbranched alkanes of at least 4 members (excludes halogenated alkanes) is 3. The van der Waals surface area contributed by atoms with Gasteiger partial charge in [-0.05, 0) is 55.4 Å². The molecule has 0 aliphatic carbocycles. The van der Waals surface area contributed by atoms with Crippen LogP contribution in [-0.4, -0.2) is 29.3 Å². The molecule has 3 rings (SSSR count). The normalized spacial score (nSPS) is 12.1. The Morgan fingerprint density at radius 1 is 0.944 bits per heavy atom. The first kappa shape index (κ1) is 27.3. The molecular weight excluding hydrogens is 451 g/mol. The van der Waals surface area contributed by atoms with E-state index in [1.165, 1.54) is 12.8 Å². The second kappa shape index (κ2) is 14.9. The van der Waals surface area contributed by atoms with Crippen LogP contribution in [0.2, 0.25) is 0 Å². The fourth-order valence-corrected chi connectivity index (χ4v) is 3.82. The van der Waals surface area contributed by atoms with E-state index in [-0.39, 0.29) is 11.9 Å². The van der Waals surface area contributed by atoms with Crippen molar-refractivity contribution in [1.29, 1.82) is 0 Å². The van der Waals surface area contributed by atoms with Crippen LogP contribution in [0.5, 0.6) is 6.01 Å². The molecular formula is C31H37FN2O2. The maximum absolute atomic E-state index is 14.7. The molecule has 0 N–H and O–H groups in total. The minimum Gasteiger partial charge on any atom is -0.459 e. The summed E-state index contributed by atoms with van der Waals surface area (Å²) >= 11 is 0. The summed E-state index contributed by atoms with van der Waals surface area (Å²) in [5, 5.41) is 0. The van der Waals surface area contributed by atoms with Crippen molar-refractivity contribution in [2.24, 2.45) is 0 Å². The van der Waals surface area contributed by atoms with E-state index >= 15 is 0 Å². The van der Waals surface area contributed by atoms with E-state index in [0.29, 0.717) is 18.2 Å². The van der Waals surface area contributed by atoms with Crippen LogP contribution in [0.3, 0.4) is 0 Å². The molecule has 1 heterocycles. The number of halogens is 1. The Kier molecular flexibility index (Phi) is 11.3. The van der Waals surface area contributed by atoms with Gasteiger partial charge in [-0.1, -0.05) is 81.0 Å². The summed E-state index contributed by atoms with van der Waals surface area (Å²) in [6.45, 7) is 9.15. The van der Waals surface area contributed by atoms with Crippen LogP contribution >= 0.6 is 0 Å². The highest BCUT2D eigenvalue weighted by Crippen LogP contribution is 2.26. The summed E-state index contributed by atoms with van der Waals surface area (Å²) in [6.07, 6.45) is 15.8. The molecule has 3 aromatic rings. The highest BCUT2D eigenvalue weighted by Gasteiger charge is 2.06. The third kappa shape index (κ3) is 8.72. The Hall–Kier alpha value is -3.31. The van der Waals surface area contributed by atoms with Crippen molar-refractivity contribution in [2.45, 2.75) is 58.5 Å². The van der Waals surface area contributed by atoms with Crippen LogP contribution in [0.25, 0.3) is 28.3 Å². The number of hydrogen-bond donors (Lipinski definition) is 0. The molecule has 0 aliphatic heterocycles. The highest BCUT2D eigenvalue weighted by atomic mass is 19.1. The number of allylic oxidation sites excluding steroid dienone is 1. The Morgan fingerprint density at radius 3 is 2.31 bits per heavy atom. The largest absolute Gasteiger partial charge is 0.459 e. The first-order valence-corrected chi connectivity index (χ1v) is 12.8. The SMILES string of the molecule is C=CCOc1ncc(-c2ccc(-c3ccc(C=CCCCC(C)OCCCCC)c(F)c3)cc2)cn1. The van der Waals surface area contributed by atoms with Gasteiger partial charge in [0, 0.05) is 30.1 Å². The van der Waals surface area contributed by atoms with E-state index in [9.17, 15) is 4.39 Å². The van der Waals surface area contributed by atoms with Crippen molar-refractivity contribution < 1.29 is 13.9 Å². The van der Waals surface area contributed by atoms with Crippen molar-refractivity contribution in [2.75, 3.05) is 13.2 Å². The molecule has 0 spiro atoms. The van der Waals surface area contributed by atoms with Gasteiger partial charge in [-0.25, -0.2) is 14.4 Å². The molecule has 1 atom stereocenters. The van der Waals surface area contributed by atoms with Gasteiger partial charge in [0.05, 0.1) is 6.10 Å². The second-order valence-electron chi connectivity index (χ2n) is 8.89. The summed E-state index contributed by atoms with van der Waals surface area (Å²) in [5.74, 6) is -0.219. The summed E-state index contributed by atoms with van der Waals surface area (Å²) < 4.78 is 25.9. The highest BCUT2D eigenvalue weighted by molar-refractivity contribution is 5.70. The van der Waals surface area contributed by atoms with Crippen LogP contribution in [0.1, 0.15) is 57.9 Å². The molecule has 0 bridgehead atoms. The van der Waals surface area contributed by atoms with Crippen LogP contribution < -0.4 is 4.74 Å². The number of nitrogens with zero attached hydrogens (tertiary/aromatic N) is 2. The van der Waals surface area contributed by atoms with Crippen molar-refractivity contribution in [3.05, 3.63) is 85.0 Å². The van der Waals surface area contributed by atoms with E-state index in [1.807, 2.05) is 48.6 Å². The number of hydrogen-bond acceptors (Lipinski definition) is 4. The zero-order valence-electron chi connectivity index (χ0n) is 21.5. The first-order valence-electron chi connectivity index (χ1n) is 12.8.